The van der Waals surface area contributed by atoms with E-state index in [0.717, 1.165) is 17.4 Å². The summed E-state index contributed by atoms with van der Waals surface area (Å²) in [7, 11) is 0. The van der Waals surface area contributed by atoms with Crippen LogP contribution in [0.1, 0.15) is 0 Å². The van der Waals surface area contributed by atoms with Gasteiger partial charge in [-0.15, -0.1) is 11.3 Å². The Kier molecular flexibility index (Phi) is 1.85. The van der Waals surface area contributed by atoms with Crippen LogP contribution < -0.4 is 0 Å². The maximum Gasteiger partial charge on any atom is 0.315 e. The summed E-state index contributed by atoms with van der Waals surface area (Å²) in [5, 5.41) is 21.6. The fourth-order valence-corrected chi connectivity index (χ4v) is 2.05. The van der Waals surface area contributed by atoms with Crippen LogP contribution in [0.25, 0.3) is 10.1 Å². The fraction of sp³-hybridized carbons (Fsp3) is 0. The largest absolute Gasteiger partial charge is 0.501 e. The molecule has 1 aromatic carbocycles. The quantitative estimate of drug-likeness (QED) is 0.585. The lowest BCUT2D eigenvalue weighted by atomic mass is 10.2. The second kappa shape index (κ2) is 2.91. The lowest BCUT2D eigenvalue weighted by Crippen LogP contribution is -1.90. The van der Waals surface area contributed by atoms with Gasteiger partial charge in [0.1, 0.15) is 5.82 Å². The van der Waals surface area contributed by atoms with E-state index >= 15 is 0 Å². The van der Waals surface area contributed by atoms with Crippen molar-refractivity contribution >= 4 is 27.1 Å². The molecule has 1 N–H and O–H groups in total. The van der Waals surface area contributed by atoms with Gasteiger partial charge in [-0.1, -0.05) is 0 Å². The summed E-state index contributed by atoms with van der Waals surface area (Å²) < 4.78 is 13.4. The number of phenolic OH excluding ortho intramolecular Hbond substituents is 1. The van der Waals surface area contributed by atoms with Crippen LogP contribution in [0.5, 0.6) is 5.75 Å². The van der Waals surface area contributed by atoms with Gasteiger partial charge in [0.15, 0.2) is 0 Å². The van der Waals surface area contributed by atoms with Gasteiger partial charge < -0.3 is 5.11 Å². The third-order valence-electron chi connectivity index (χ3n) is 1.84. The number of benzene rings is 1. The van der Waals surface area contributed by atoms with E-state index in [1.807, 2.05) is 0 Å². The van der Waals surface area contributed by atoms with Crippen LogP contribution in [-0.4, -0.2) is 10.0 Å². The first-order chi connectivity index (χ1) is 6.61. The summed E-state index contributed by atoms with van der Waals surface area (Å²) in [6.45, 7) is 0. The molecule has 0 atom stereocenters. The van der Waals surface area contributed by atoms with Gasteiger partial charge in [-0.2, -0.15) is 0 Å². The van der Waals surface area contributed by atoms with Gasteiger partial charge in [0.25, 0.3) is 0 Å². The molecule has 4 nitrogen and oxygen atoms in total. The van der Waals surface area contributed by atoms with Crippen molar-refractivity contribution in [2.45, 2.75) is 0 Å². The highest BCUT2D eigenvalue weighted by atomic mass is 32.1. The van der Waals surface area contributed by atoms with Crippen molar-refractivity contribution in [3.8, 4) is 5.75 Å². The van der Waals surface area contributed by atoms with Crippen molar-refractivity contribution in [2.75, 3.05) is 0 Å². The molecule has 2 aromatic rings. The van der Waals surface area contributed by atoms with Crippen molar-refractivity contribution in [3.63, 3.8) is 0 Å². The zero-order valence-electron chi connectivity index (χ0n) is 6.73. The summed E-state index contributed by atoms with van der Waals surface area (Å²) in [6.07, 6.45) is 0. The number of thiophene rings is 1. The van der Waals surface area contributed by atoms with E-state index in [9.17, 15) is 19.6 Å². The number of rotatable bonds is 1. The van der Waals surface area contributed by atoms with Crippen LogP contribution in [0, 0.1) is 15.9 Å². The lowest BCUT2D eigenvalue weighted by Gasteiger charge is -1.98. The molecule has 0 fully saturated rings. The van der Waals surface area contributed by atoms with Crippen LogP contribution in [0.4, 0.5) is 10.1 Å². The first kappa shape index (κ1) is 8.89. The second-order valence-electron chi connectivity index (χ2n) is 2.65. The molecular weight excluding hydrogens is 209 g/mol. The zero-order valence-corrected chi connectivity index (χ0v) is 7.55. The normalized spacial score (nSPS) is 10.6. The van der Waals surface area contributed by atoms with Crippen molar-refractivity contribution < 1.29 is 14.4 Å². The van der Waals surface area contributed by atoms with Gasteiger partial charge in [0, 0.05) is 5.39 Å². The average Bonchev–Trinajstić information content (AvgIpc) is 2.59. The van der Waals surface area contributed by atoms with E-state index in [2.05, 4.69) is 0 Å². The number of nitrogens with zero attached hydrogens (tertiary/aromatic N) is 1. The molecular formula is C8H4FNO3S. The molecule has 14 heavy (non-hydrogen) atoms. The molecule has 0 saturated heterocycles. The molecule has 0 spiro atoms. The summed E-state index contributed by atoms with van der Waals surface area (Å²) >= 11 is 1.07. The number of halogens is 1. The Morgan fingerprint density at radius 1 is 1.57 bits per heavy atom. The van der Waals surface area contributed by atoms with Crippen LogP contribution in [0.2, 0.25) is 0 Å². The van der Waals surface area contributed by atoms with Crippen molar-refractivity contribution in [2.24, 2.45) is 0 Å². The highest BCUT2D eigenvalue weighted by molar-refractivity contribution is 7.17. The standard InChI is InChI=1S/C8H4FNO3S/c9-5-3-6(10(12)13)7(11)8-4(5)1-2-14-8/h1-3,11H. The number of phenols is 1. The minimum absolute atomic E-state index is 0.205. The number of fused-ring (bicyclic) bond motifs is 1. The van der Waals surface area contributed by atoms with Gasteiger partial charge in [-0.25, -0.2) is 4.39 Å². The molecule has 0 amide bonds. The molecule has 0 unspecified atom stereocenters. The molecule has 6 heteroatoms. The Labute approximate surface area is 81.4 Å². The average molecular weight is 213 g/mol. The fourth-order valence-electron chi connectivity index (χ4n) is 1.20. The van der Waals surface area contributed by atoms with E-state index in [1.54, 1.807) is 5.38 Å². The Morgan fingerprint density at radius 3 is 2.93 bits per heavy atom. The molecule has 0 saturated carbocycles. The molecule has 0 aliphatic rings. The Bertz CT molecular complexity index is 523. The number of hydrogen-bond acceptors (Lipinski definition) is 4. The third kappa shape index (κ3) is 1.12. The smallest absolute Gasteiger partial charge is 0.315 e. The highest BCUT2D eigenvalue weighted by Gasteiger charge is 2.20. The van der Waals surface area contributed by atoms with Gasteiger partial charge in [-0.3, -0.25) is 10.1 Å². The van der Waals surface area contributed by atoms with Crippen molar-refractivity contribution in [1.82, 2.24) is 0 Å². The second-order valence-corrected chi connectivity index (χ2v) is 3.56. The van der Waals surface area contributed by atoms with E-state index in [-0.39, 0.29) is 10.1 Å². The van der Waals surface area contributed by atoms with Crippen LogP contribution in [-0.2, 0) is 0 Å². The first-order valence-electron chi connectivity index (χ1n) is 3.64. The van der Waals surface area contributed by atoms with Crippen LogP contribution >= 0.6 is 11.3 Å². The van der Waals surface area contributed by atoms with Crippen molar-refractivity contribution in [1.29, 1.82) is 0 Å². The topological polar surface area (TPSA) is 63.4 Å². The van der Waals surface area contributed by atoms with Crippen LogP contribution in [0.3, 0.4) is 0 Å². The number of nitro benzene ring substituents is 1. The van der Waals surface area contributed by atoms with Gasteiger partial charge in [0.2, 0.25) is 5.75 Å². The summed E-state index contributed by atoms with van der Waals surface area (Å²) in [4.78, 5) is 9.62. The third-order valence-corrected chi connectivity index (χ3v) is 2.76. The highest BCUT2D eigenvalue weighted by Crippen LogP contribution is 2.38. The SMILES string of the molecule is O=[N+]([O-])c1cc(F)c2ccsc2c1O. The Hall–Kier alpha value is -1.69. The Morgan fingerprint density at radius 2 is 2.29 bits per heavy atom. The van der Waals surface area contributed by atoms with Gasteiger partial charge >= 0.3 is 5.69 Å². The molecule has 0 radical (unpaired) electrons. The molecule has 1 heterocycles. The van der Waals surface area contributed by atoms with E-state index in [4.69, 9.17) is 0 Å². The number of nitro groups is 1. The summed E-state index contributed by atoms with van der Waals surface area (Å²) in [5.74, 6) is -1.16. The molecule has 0 aliphatic carbocycles. The lowest BCUT2D eigenvalue weighted by molar-refractivity contribution is -0.385. The summed E-state index contributed by atoms with van der Waals surface area (Å²) in [5.41, 5.74) is -0.600. The number of aromatic hydroxyl groups is 1. The molecule has 2 rings (SSSR count). The van der Waals surface area contributed by atoms with Crippen molar-refractivity contribution in [3.05, 3.63) is 33.4 Å². The predicted octanol–water partition coefficient (Wildman–Crippen LogP) is 2.65. The maximum atomic E-state index is 13.2. The monoisotopic (exact) mass is 213 g/mol. The molecule has 1 aromatic heterocycles. The zero-order chi connectivity index (χ0) is 10.3. The summed E-state index contributed by atoms with van der Waals surface area (Å²) in [6, 6.07) is 2.20. The number of hydrogen-bond donors (Lipinski definition) is 1. The van der Waals surface area contributed by atoms with E-state index < -0.39 is 22.2 Å². The van der Waals surface area contributed by atoms with E-state index in [1.165, 1.54) is 6.07 Å². The first-order valence-corrected chi connectivity index (χ1v) is 4.52. The molecule has 72 valence electrons. The van der Waals surface area contributed by atoms with E-state index in [0.29, 0.717) is 0 Å². The molecule has 0 bridgehead atoms. The Balaban J connectivity index is 2.88. The minimum atomic E-state index is -0.808. The van der Waals surface area contributed by atoms with Gasteiger partial charge in [0.05, 0.1) is 15.7 Å². The van der Waals surface area contributed by atoms with Crippen LogP contribution in [0.15, 0.2) is 17.5 Å². The van der Waals surface area contributed by atoms with Gasteiger partial charge in [-0.05, 0) is 11.4 Å². The predicted molar refractivity (Wildman–Crippen MR) is 50.1 cm³/mol. The maximum absolute atomic E-state index is 13.2. The minimum Gasteiger partial charge on any atom is -0.501 e. The molecule has 0 aliphatic heterocycles.